The smallest absolute Gasteiger partial charge is 0.355 e. The van der Waals surface area contributed by atoms with Crippen molar-refractivity contribution in [2.45, 2.75) is 18.9 Å². The molecule has 0 saturated heterocycles. The molecule has 21 heavy (non-hydrogen) atoms. The summed E-state index contributed by atoms with van der Waals surface area (Å²) in [6.07, 6.45) is 0.869. The van der Waals surface area contributed by atoms with Gasteiger partial charge < -0.3 is 10.4 Å². The molecule has 3 rings (SSSR count). The lowest BCUT2D eigenvalue weighted by atomic mass is 10.1. The number of hydrogen-bond donors (Lipinski definition) is 2. The third-order valence-electron chi connectivity index (χ3n) is 3.54. The van der Waals surface area contributed by atoms with Crippen LogP contribution in [0.25, 0.3) is 0 Å². The van der Waals surface area contributed by atoms with Crippen LogP contribution in [0.2, 0.25) is 0 Å². The number of aromatic carboxylic acids is 1. The predicted molar refractivity (Wildman–Crippen MR) is 78.2 cm³/mol. The third-order valence-corrected chi connectivity index (χ3v) is 4.39. The highest BCUT2D eigenvalue weighted by Crippen LogP contribution is 2.47. The summed E-state index contributed by atoms with van der Waals surface area (Å²) in [6.45, 7) is 0.286. The van der Waals surface area contributed by atoms with Gasteiger partial charge in [0.1, 0.15) is 5.01 Å². The van der Waals surface area contributed by atoms with E-state index in [4.69, 9.17) is 5.11 Å². The maximum atomic E-state index is 12.1. The Balaban J connectivity index is 1.52. The summed E-state index contributed by atoms with van der Waals surface area (Å²) in [6, 6.07) is 10.00. The van der Waals surface area contributed by atoms with Gasteiger partial charge in [0.2, 0.25) is 5.91 Å². The minimum Gasteiger partial charge on any atom is -0.476 e. The Hall–Kier alpha value is -2.21. The van der Waals surface area contributed by atoms with Crippen molar-refractivity contribution in [3.05, 3.63) is 52.0 Å². The topological polar surface area (TPSA) is 79.3 Å². The van der Waals surface area contributed by atoms with Crippen LogP contribution in [0.4, 0.5) is 0 Å². The summed E-state index contributed by atoms with van der Waals surface area (Å²) in [5, 5.41) is 13.7. The van der Waals surface area contributed by atoms with Gasteiger partial charge in [-0.05, 0) is 17.9 Å². The molecule has 1 aliphatic rings. The number of carbonyl (C=O) groups excluding carboxylic acids is 1. The highest BCUT2D eigenvalue weighted by molar-refractivity contribution is 7.09. The maximum Gasteiger partial charge on any atom is 0.355 e. The molecule has 1 amide bonds. The van der Waals surface area contributed by atoms with Gasteiger partial charge in [0.15, 0.2) is 5.69 Å². The quantitative estimate of drug-likeness (QED) is 0.888. The van der Waals surface area contributed by atoms with Crippen LogP contribution >= 0.6 is 11.3 Å². The monoisotopic (exact) mass is 302 g/mol. The van der Waals surface area contributed by atoms with E-state index >= 15 is 0 Å². The SMILES string of the molecule is O=C(O)c1csc(CNC(=O)[C@H]2C[C@H]2c2ccccc2)n1. The number of nitrogens with zero attached hydrogens (tertiary/aromatic N) is 1. The molecule has 1 saturated carbocycles. The van der Waals surface area contributed by atoms with Crippen LogP contribution in [0.3, 0.4) is 0 Å². The van der Waals surface area contributed by atoms with E-state index in [-0.39, 0.29) is 24.1 Å². The van der Waals surface area contributed by atoms with Crippen LogP contribution in [0.15, 0.2) is 35.7 Å². The fourth-order valence-electron chi connectivity index (χ4n) is 2.34. The van der Waals surface area contributed by atoms with E-state index in [0.29, 0.717) is 10.9 Å². The van der Waals surface area contributed by atoms with Crippen molar-refractivity contribution < 1.29 is 14.7 Å². The Bertz CT molecular complexity index is 669. The van der Waals surface area contributed by atoms with E-state index in [1.54, 1.807) is 0 Å². The summed E-state index contributed by atoms with van der Waals surface area (Å²) < 4.78 is 0. The molecule has 0 radical (unpaired) electrons. The normalized spacial score (nSPS) is 20.0. The zero-order valence-corrected chi connectivity index (χ0v) is 12.0. The zero-order valence-electron chi connectivity index (χ0n) is 11.2. The number of carbonyl (C=O) groups is 2. The molecule has 0 aliphatic heterocycles. The molecular formula is C15H14N2O3S. The first-order chi connectivity index (χ1) is 10.1. The molecule has 2 N–H and O–H groups in total. The molecule has 5 nitrogen and oxygen atoms in total. The van der Waals surface area contributed by atoms with E-state index in [1.165, 1.54) is 22.3 Å². The van der Waals surface area contributed by atoms with E-state index in [9.17, 15) is 9.59 Å². The highest BCUT2D eigenvalue weighted by Gasteiger charge is 2.43. The molecule has 1 heterocycles. The zero-order chi connectivity index (χ0) is 14.8. The number of amides is 1. The molecular weight excluding hydrogens is 288 g/mol. The summed E-state index contributed by atoms with van der Waals surface area (Å²) in [5.74, 6) is -0.713. The lowest BCUT2D eigenvalue weighted by molar-refractivity contribution is -0.122. The molecule has 1 aromatic carbocycles. The van der Waals surface area contributed by atoms with E-state index in [0.717, 1.165) is 6.42 Å². The molecule has 1 aromatic heterocycles. The van der Waals surface area contributed by atoms with Crippen molar-refractivity contribution in [3.8, 4) is 0 Å². The first kappa shape index (κ1) is 13.8. The number of carboxylic acids is 1. The van der Waals surface area contributed by atoms with Gasteiger partial charge in [0, 0.05) is 11.3 Å². The van der Waals surface area contributed by atoms with Crippen LogP contribution < -0.4 is 5.32 Å². The number of benzene rings is 1. The third kappa shape index (κ3) is 3.11. The minimum atomic E-state index is -1.05. The average molecular weight is 302 g/mol. The lowest BCUT2D eigenvalue weighted by Gasteiger charge is -2.03. The van der Waals surface area contributed by atoms with Crippen molar-refractivity contribution in [1.82, 2.24) is 10.3 Å². The maximum absolute atomic E-state index is 12.1. The largest absolute Gasteiger partial charge is 0.476 e. The second-order valence-corrected chi connectivity index (χ2v) is 5.95. The number of nitrogens with one attached hydrogen (secondary N) is 1. The Labute approximate surface area is 125 Å². The van der Waals surface area contributed by atoms with Gasteiger partial charge in [-0.2, -0.15) is 0 Å². The summed E-state index contributed by atoms with van der Waals surface area (Å²) in [4.78, 5) is 26.7. The van der Waals surface area contributed by atoms with E-state index < -0.39 is 5.97 Å². The van der Waals surface area contributed by atoms with Crippen LogP contribution in [0.1, 0.15) is 33.4 Å². The van der Waals surface area contributed by atoms with E-state index in [1.807, 2.05) is 30.3 Å². The van der Waals surface area contributed by atoms with Crippen molar-refractivity contribution in [2.24, 2.45) is 5.92 Å². The van der Waals surface area contributed by atoms with Gasteiger partial charge in [-0.25, -0.2) is 9.78 Å². The minimum absolute atomic E-state index is 0.0101. The number of thiazole rings is 1. The van der Waals surface area contributed by atoms with Crippen LogP contribution in [0, 0.1) is 5.92 Å². The first-order valence-corrected chi connectivity index (χ1v) is 7.53. The van der Waals surface area contributed by atoms with Crippen LogP contribution in [-0.4, -0.2) is 22.0 Å². The molecule has 0 spiro atoms. The standard InChI is InChI=1S/C15H14N2O3S/c18-14(11-6-10(11)9-4-2-1-3-5-9)16-7-13-17-12(8-21-13)15(19)20/h1-5,8,10-11H,6-7H2,(H,16,18)(H,19,20)/t10-,11-/m0/s1. The van der Waals surface area contributed by atoms with Gasteiger partial charge in [0.25, 0.3) is 0 Å². The van der Waals surface area contributed by atoms with Gasteiger partial charge in [-0.3, -0.25) is 4.79 Å². The van der Waals surface area contributed by atoms with E-state index in [2.05, 4.69) is 10.3 Å². The first-order valence-electron chi connectivity index (χ1n) is 6.65. The van der Waals surface area contributed by atoms with Gasteiger partial charge >= 0.3 is 5.97 Å². The van der Waals surface area contributed by atoms with Crippen LogP contribution in [0.5, 0.6) is 0 Å². The number of carboxylic acid groups (broad SMARTS) is 1. The average Bonchev–Trinajstić information content (AvgIpc) is 3.15. The predicted octanol–water partition coefficient (Wildman–Crippen LogP) is 2.26. The Kier molecular flexibility index (Phi) is 3.70. The second-order valence-electron chi connectivity index (χ2n) is 5.01. The van der Waals surface area contributed by atoms with Gasteiger partial charge in [-0.15, -0.1) is 11.3 Å². The van der Waals surface area contributed by atoms with Crippen molar-refractivity contribution >= 4 is 23.2 Å². The number of aromatic nitrogens is 1. The fourth-order valence-corrected chi connectivity index (χ4v) is 3.05. The molecule has 1 fully saturated rings. The van der Waals surface area contributed by atoms with Crippen molar-refractivity contribution in [1.29, 1.82) is 0 Å². The molecule has 0 bridgehead atoms. The van der Waals surface area contributed by atoms with Gasteiger partial charge in [-0.1, -0.05) is 30.3 Å². The van der Waals surface area contributed by atoms with Crippen molar-refractivity contribution in [2.75, 3.05) is 0 Å². The van der Waals surface area contributed by atoms with Crippen molar-refractivity contribution in [3.63, 3.8) is 0 Å². The molecule has 0 unspecified atom stereocenters. The molecule has 1 aliphatic carbocycles. The second kappa shape index (κ2) is 5.65. The molecule has 108 valence electrons. The van der Waals surface area contributed by atoms with Gasteiger partial charge in [0.05, 0.1) is 6.54 Å². The molecule has 2 aromatic rings. The summed E-state index contributed by atoms with van der Waals surface area (Å²) >= 11 is 1.24. The Morgan fingerprint density at radius 2 is 2.10 bits per heavy atom. The Morgan fingerprint density at radius 3 is 2.76 bits per heavy atom. The highest BCUT2D eigenvalue weighted by atomic mass is 32.1. The molecule has 2 atom stereocenters. The van der Waals surface area contributed by atoms with Crippen LogP contribution in [-0.2, 0) is 11.3 Å². The Morgan fingerprint density at radius 1 is 1.33 bits per heavy atom. The lowest BCUT2D eigenvalue weighted by Crippen LogP contribution is -2.24. The summed E-state index contributed by atoms with van der Waals surface area (Å²) in [5.41, 5.74) is 1.22. The summed E-state index contributed by atoms with van der Waals surface area (Å²) in [7, 11) is 0. The molecule has 6 heteroatoms. The number of hydrogen-bond acceptors (Lipinski definition) is 4. The fraction of sp³-hybridized carbons (Fsp3) is 0.267. The number of rotatable bonds is 5.